The van der Waals surface area contributed by atoms with Gasteiger partial charge in [-0.05, 0) is 43.3 Å². The summed E-state index contributed by atoms with van der Waals surface area (Å²) in [5.74, 6) is 1.35. The lowest BCUT2D eigenvalue weighted by atomic mass is 10.1. The molecule has 0 aliphatic heterocycles. The Bertz CT molecular complexity index is 777. The van der Waals surface area contributed by atoms with E-state index in [4.69, 9.17) is 25.8 Å². The molecule has 0 saturated carbocycles. The number of ether oxygens (including phenoxy) is 3. The van der Waals surface area contributed by atoms with E-state index in [1.807, 2.05) is 6.07 Å². The van der Waals surface area contributed by atoms with E-state index in [9.17, 15) is 4.79 Å². The third kappa shape index (κ3) is 5.39. The normalized spacial score (nSPS) is 11.0. The maximum atomic E-state index is 11.8. The van der Waals surface area contributed by atoms with Gasteiger partial charge in [-0.15, -0.1) is 0 Å². The highest BCUT2D eigenvalue weighted by Crippen LogP contribution is 2.27. The summed E-state index contributed by atoms with van der Waals surface area (Å²) in [6, 6.07) is 12.2. The summed E-state index contributed by atoms with van der Waals surface area (Å²) < 4.78 is 15.8. The number of nitrogens with one attached hydrogen (secondary N) is 1. The second-order valence-corrected chi connectivity index (χ2v) is 5.48. The van der Waals surface area contributed by atoms with Crippen LogP contribution in [-0.4, -0.2) is 32.4 Å². The second-order valence-electron chi connectivity index (χ2n) is 5.05. The van der Waals surface area contributed by atoms with Crippen molar-refractivity contribution < 1.29 is 19.0 Å². The standard InChI is InChI=1S/C18H19ClN2O4/c1-12(13-7-8-16(23-2)17(9-13)24-3)20-21-18(22)11-25-15-6-4-5-14(19)10-15/h4-10H,11H2,1-3H3,(H,21,22). The number of benzene rings is 2. The highest BCUT2D eigenvalue weighted by molar-refractivity contribution is 6.30. The van der Waals surface area contributed by atoms with Gasteiger partial charge in [-0.1, -0.05) is 17.7 Å². The first kappa shape index (κ1) is 18.6. The molecule has 0 aromatic heterocycles. The predicted molar refractivity (Wildman–Crippen MR) is 96.8 cm³/mol. The molecular formula is C18H19ClN2O4. The molecule has 2 aromatic rings. The number of amides is 1. The molecule has 0 unspecified atom stereocenters. The van der Waals surface area contributed by atoms with E-state index in [0.29, 0.717) is 28.0 Å². The van der Waals surface area contributed by atoms with Crippen molar-refractivity contribution in [3.63, 3.8) is 0 Å². The van der Waals surface area contributed by atoms with E-state index in [1.54, 1.807) is 57.5 Å². The van der Waals surface area contributed by atoms with Crippen LogP contribution in [0.15, 0.2) is 47.6 Å². The van der Waals surface area contributed by atoms with Crippen LogP contribution in [0.5, 0.6) is 17.2 Å². The largest absolute Gasteiger partial charge is 0.493 e. The molecule has 0 radical (unpaired) electrons. The number of methoxy groups -OCH3 is 2. The van der Waals surface area contributed by atoms with Crippen molar-refractivity contribution in [1.82, 2.24) is 5.43 Å². The lowest BCUT2D eigenvalue weighted by Crippen LogP contribution is -2.25. The number of hydrogen-bond donors (Lipinski definition) is 1. The van der Waals surface area contributed by atoms with Crippen LogP contribution in [0.2, 0.25) is 5.02 Å². The first-order valence-electron chi connectivity index (χ1n) is 7.47. The molecule has 2 rings (SSSR count). The Morgan fingerprint density at radius 3 is 2.56 bits per heavy atom. The molecule has 25 heavy (non-hydrogen) atoms. The predicted octanol–water partition coefficient (Wildman–Crippen LogP) is 3.28. The van der Waals surface area contributed by atoms with Gasteiger partial charge in [0.1, 0.15) is 5.75 Å². The first-order valence-corrected chi connectivity index (χ1v) is 7.85. The Kier molecular flexibility index (Phi) is 6.65. The van der Waals surface area contributed by atoms with Gasteiger partial charge in [0.05, 0.1) is 19.9 Å². The van der Waals surface area contributed by atoms with E-state index in [2.05, 4.69) is 10.5 Å². The molecule has 132 valence electrons. The fourth-order valence-electron chi connectivity index (χ4n) is 2.01. The van der Waals surface area contributed by atoms with Gasteiger partial charge < -0.3 is 14.2 Å². The number of hydrogen-bond acceptors (Lipinski definition) is 5. The van der Waals surface area contributed by atoms with E-state index in [1.165, 1.54) is 0 Å². The molecule has 0 aliphatic carbocycles. The van der Waals surface area contributed by atoms with Crippen molar-refractivity contribution in [3.8, 4) is 17.2 Å². The molecule has 0 aliphatic rings. The van der Waals surface area contributed by atoms with E-state index in [0.717, 1.165) is 5.56 Å². The number of halogens is 1. The van der Waals surface area contributed by atoms with Gasteiger partial charge >= 0.3 is 0 Å². The summed E-state index contributed by atoms with van der Waals surface area (Å²) in [4.78, 5) is 11.8. The van der Waals surface area contributed by atoms with E-state index < -0.39 is 0 Å². The van der Waals surface area contributed by atoms with Crippen LogP contribution >= 0.6 is 11.6 Å². The smallest absolute Gasteiger partial charge is 0.277 e. The second kappa shape index (κ2) is 8.94. The van der Waals surface area contributed by atoms with Crippen LogP contribution in [0.1, 0.15) is 12.5 Å². The number of carbonyl (C=O) groups excluding carboxylic acids is 1. The molecular weight excluding hydrogens is 344 g/mol. The van der Waals surface area contributed by atoms with Gasteiger partial charge in [-0.25, -0.2) is 5.43 Å². The van der Waals surface area contributed by atoms with Gasteiger partial charge in [0, 0.05) is 10.6 Å². The number of rotatable bonds is 7. The zero-order chi connectivity index (χ0) is 18.2. The summed E-state index contributed by atoms with van der Waals surface area (Å²) in [5.41, 5.74) is 3.87. The quantitative estimate of drug-likeness (QED) is 0.606. The minimum atomic E-state index is -0.375. The molecule has 6 nitrogen and oxygen atoms in total. The molecule has 1 N–H and O–H groups in total. The Morgan fingerprint density at radius 2 is 1.88 bits per heavy atom. The van der Waals surface area contributed by atoms with Crippen LogP contribution in [0.25, 0.3) is 0 Å². The number of nitrogens with zero attached hydrogens (tertiary/aromatic N) is 1. The third-order valence-corrected chi connectivity index (χ3v) is 3.55. The Labute approximate surface area is 151 Å². The van der Waals surface area contributed by atoms with Crippen LogP contribution in [-0.2, 0) is 4.79 Å². The average molecular weight is 363 g/mol. The first-order chi connectivity index (χ1) is 12.0. The van der Waals surface area contributed by atoms with Crippen molar-refractivity contribution in [2.24, 2.45) is 5.10 Å². The summed E-state index contributed by atoms with van der Waals surface area (Å²) in [5, 5.41) is 4.61. The Hall–Kier alpha value is -2.73. The van der Waals surface area contributed by atoms with Gasteiger partial charge in [-0.2, -0.15) is 5.10 Å². The molecule has 7 heteroatoms. The van der Waals surface area contributed by atoms with Crippen LogP contribution in [0, 0.1) is 0 Å². The summed E-state index contributed by atoms with van der Waals surface area (Å²) in [7, 11) is 3.13. The lowest BCUT2D eigenvalue weighted by Gasteiger charge is -2.09. The summed E-state index contributed by atoms with van der Waals surface area (Å²) >= 11 is 5.86. The van der Waals surface area contributed by atoms with Crippen molar-refractivity contribution in [2.45, 2.75) is 6.92 Å². The van der Waals surface area contributed by atoms with Crippen LogP contribution in [0.4, 0.5) is 0 Å². The van der Waals surface area contributed by atoms with Crippen molar-refractivity contribution in [2.75, 3.05) is 20.8 Å². The fourth-order valence-corrected chi connectivity index (χ4v) is 2.19. The maximum absolute atomic E-state index is 11.8. The third-order valence-electron chi connectivity index (χ3n) is 3.32. The summed E-state index contributed by atoms with van der Waals surface area (Å²) in [6.45, 7) is 1.61. The fraction of sp³-hybridized carbons (Fsp3) is 0.222. The zero-order valence-electron chi connectivity index (χ0n) is 14.2. The monoisotopic (exact) mass is 362 g/mol. The molecule has 0 heterocycles. The van der Waals surface area contributed by atoms with E-state index >= 15 is 0 Å². The van der Waals surface area contributed by atoms with Gasteiger partial charge in [0.15, 0.2) is 18.1 Å². The Morgan fingerprint density at radius 1 is 1.12 bits per heavy atom. The molecule has 2 aromatic carbocycles. The molecule has 1 amide bonds. The average Bonchev–Trinajstić information content (AvgIpc) is 2.63. The van der Waals surface area contributed by atoms with Crippen LogP contribution < -0.4 is 19.6 Å². The topological polar surface area (TPSA) is 69.2 Å². The van der Waals surface area contributed by atoms with Gasteiger partial charge in [0.2, 0.25) is 0 Å². The maximum Gasteiger partial charge on any atom is 0.277 e. The van der Waals surface area contributed by atoms with Gasteiger partial charge in [0.25, 0.3) is 5.91 Å². The number of hydrazone groups is 1. The Balaban J connectivity index is 1.95. The molecule has 0 atom stereocenters. The van der Waals surface area contributed by atoms with E-state index in [-0.39, 0.29) is 12.5 Å². The molecule has 0 spiro atoms. The summed E-state index contributed by atoms with van der Waals surface area (Å²) in [6.07, 6.45) is 0. The molecule has 0 saturated heterocycles. The molecule has 0 bridgehead atoms. The molecule has 0 fully saturated rings. The van der Waals surface area contributed by atoms with Crippen molar-refractivity contribution in [1.29, 1.82) is 0 Å². The zero-order valence-corrected chi connectivity index (χ0v) is 15.0. The minimum absolute atomic E-state index is 0.164. The van der Waals surface area contributed by atoms with Gasteiger partial charge in [-0.3, -0.25) is 4.79 Å². The highest BCUT2D eigenvalue weighted by atomic mass is 35.5. The van der Waals surface area contributed by atoms with Crippen molar-refractivity contribution in [3.05, 3.63) is 53.1 Å². The lowest BCUT2D eigenvalue weighted by molar-refractivity contribution is -0.123. The highest BCUT2D eigenvalue weighted by Gasteiger charge is 2.07. The van der Waals surface area contributed by atoms with Crippen molar-refractivity contribution >= 4 is 23.2 Å². The number of carbonyl (C=O) groups is 1. The van der Waals surface area contributed by atoms with Crippen LogP contribution in [0.3, 0.4) is 0 Å². The minimum Gasteiger partial charge on any atom is -0.493 e. The SMILES string of the molecule is COc1ccc(C(C)=NNC(=O)COc2cccc(Cl)c2)cc1OC.